The van der Waals surface area contributed by atoms with Crippen molar-refractivity contribution in [3.05, 3.63) is 22.6 Å². The van der Waals surface area contributed by atoms with Crippen molar-refractivity contribution < 1.29 is 9.18 Å². The maximum atomic E-state index is 12.7. The van der Waals surface area contributed by atoms with Gasteiger partial charge in [-0.25, -0.2) is 9.37 Å². The number of halogens is 2. The summed E-state index contributed by atoms with van der Waals surface area (Å²) in [6.07, 6.45) is 6.66. The molecule has 0 aromatic carbocycles. The maximum absolute atomic E-state index is 12.7. The summed E-state index contributed by atoms with van der Waals surface area (Å²) in [6, 6.07) is 1.39. The Morgan fingerprint density at radius 1 is 1.37 bits per heavy atom. The number of anilines is 1. The highest BCUT2D eigenvalue weighted by atomic mass is 35.5. The van der Waals surface area contributed by atoms with Crippen molar-refractivity contribution in [1.82, 2.24) is 4.98 Å². The summed E-state index contributed by atoms with van der Waals surface area (Å²) in [5, 5.41) is -0.193. The van der Waals surface area contributed by atoms with Gasteiger partial charge in [-0.05, 0) is 18.9 Å². The van der Waals surface area contributed by atoms with E-state index in [0.717, 1.165) is 6.07 Å². The first-order valence-electron chi connectivity index (χ1n) is 6.08. The zero-order valence-corrected chi connectivity index (χ0v) is 11.3. The Labute approximate surface area is 116 Å². The Morgan fingerprint density at radius 3 is 2.37 bits per heavy atom. The Hall–Kier alpha value is -1.40. The van der Waals surface area contributed by atoms with Crippen LogP contribution in [0.3, 0.4) is 0 Å². The van der Waals surface area contributed by atoms with Crippen molar-refractivity contribution in [2.24, 2.45) is 11.5 Å². The number of hydrogen-bond acceptors (Lipinski definition) is 4. The van der Waals surface area contributed by atoms with E-state index < -0.39 is 11.7 Å². The molecule has 0 unspecified atom stereocenters. The first-order chi connectivity index (χ1) is 8.91. The highest BCUT2D eigenvalue weighted by Gasteiger charge is 2.11. The number of pyridine rings is 1. The summed E-state index contributed by atoms with van der Waals surface area (Å²) in [7, 11) is 0. The fraction of sp³-hybridized carbons (Fsp3) is 0.500. The summed E-state index contributed by atoms with van der Waals surface area (Å²) in [5.41, 5.74) is 15.4. The number of hydrogen-bond donors (Lipinski definition) is 3. The van der Waals surface area contributed by atoms with Gasteiger partial charge in [0.25, 0.3) is 5.91 Å². The van der Waals surface area contributed by atoms with Crippen molar-refractivity contribution in [1.29, 1.82) is 0 Å². The highest BCUT2D eigenvalue weighted by Crippen LogP contribution is 2.17. The second kappa shape index (κ2) is 7.25. The van der Waals surface area contributed by atoms with Crippen LogP contribution in [0.1, 0.15) is 42.5 Å². The molecule has 1 heterocycles. The second-order valence-corrected chi connectivity index (χ2v) is 4.81. The van der Waals surface area contributed by atoms with Crippen molar-refractivity contribution >= 4 is 23.3 Å². The molecule has 106 valence electrons. The van der Waals surface area contributed by atoms with Crippen molar-refractivity contribution in [3.8, 4) is 0 Å². The molecule has 1 aromatic heterocycles. The van der Waals surface area contributed by atoms with Gasteiger partial charge in [0.1, 0.15) is 5.15 Å². The molecule has 0 spiro atoms. The molecular weight excluding hydrogens is 271 g/mol. The third kappa shape index (κ3) is 5.00. The molecule has 7 heteroatoms. The predicted molar refractivity (Wildman–Crippen MR) is 73.2 cm³/mol. The van der Waals surface area contributed by atoms with Crippen LogP contribution in [0.4, 0.5) is 10.2 Å². The molecule has 0 saturated heterocycles. The molecular formula is C12H18ClFN4O. The zero-order valence-electron chi connectivity index (χ0n) is 10.5. The molecule has 2 rings (SSSR count). The fourth-order valence-corrected chi connectivity index (χ4v) is 2.03. The van der Waals surface area contributed by atoms with Gasteiger partial charge in [0.05, 0.1) is 5.56 Å². The third-order valence-electron chi connectivity index (χ3n) is 2.87. The lowest BCUT2D eigenvalue weighted by Crippen LogP contribution is -2.22. The van der Waals surface area contributed by atoms with Gasteiger partial charge in [-0.15, -0.1) is 0 Å². The SMILES string of the molecule is NC(=O)c1cc(F)c(N)nc1Cl.NC1CCCCC1. The quantitative estimate of drug-likeness (QED) is 0.685. The molecule has 1 aliphatic carbocycles. The summed E-state index contributed by atoms with van der Waals surface area (Å²) in [5.74, 6) is -2.01. The predicted octanol–water partition coefficient (Wildman–Crippen LogP) is 1.83. The minimum Gasteiger partial charge on any atom is -0.381 e. The summed E-state index contributed by atoms with van der Waals surface area (Å²) < 4.78 is 12.7. The summed E-state index contributed by atoms with van der Waals surface area (Å²) in [4.78, 5) is 13.9. The lowest BCUT2D eigenvalue weighted by molar-refractivity contribution is 0.0999. The van der Waals surface area contributed by atoms with Gasteiger partial charge in [-0.2, -0.15) is 0 Å². The van der Waals surface area contributed by atoms with E-state index in [9.17, 15) is 9.18 Å². The van der Waals surface area contributed by atoms with Crippen LogP contribution in [0.15, 0.2) is 6.07 Å². The Bertz CT molecular complexity index is 450. The molecule has 1 amide bonds. The van der Waals surface area contributed by atoms with Gasteiger partial charge in [0.2, 0.25) is 0 Å². The third-order valence-corrected chi connectivity index (χ3v) is 3.16. The average molecular weight is 289 g/mol. The van der Waals surface area contributed by atoms with Gasteiger partial charge >= 0.3 is 0 Å². The van der Waals surface area contributed by atoms with Gasteiger partial charge in [0.15, 0.2) is 11.6 Å². The number of carbonyl (C=O) groups is 1. The largest absolute Gasteiger partial charge is 0.381 e. The van der Waals surface area contributed by atoms with E-state index in [1.807, 2.05) is 0 Å². The molecule has 19 heavy (non-hydrogen) atoms. The first-order valence-corrected chi connectivity index (χ1v) is 6.46. The highest BCUT2D eigenvalue weighted by molar-refractivity contribution is 6.32. The molecule has 0 bridgehead atoms. The van der Waals surface area contributed by atoms with E-state index in [-0.39, 0.29) is 16.5 Å². The first kappa shape index (κ1) is 15.7. The monoisotopic (exact) mass is 288 g/mol. The van der Waals surface area contributed by atoms with Crippen molar-refractivity contribution in [2.45, 2.75) is 38.1 Å². The van der Waals surface area contributed by atoms with E-state index in [1.54, 1.807) is 0 Å². The van der Waals surface area contributed by atoms with Crippen molar-refractivity contribution in [3.63, 3.8) is 0 Å². The number of primary amides is 1. The number of aromatic nitrogens is 1. The Kier molecular flexibility index (Phi) is 5.98. The lowest BCUT2D eigenvalue weighted by Gasteiger charge is -2.15. The minimum absolute atomic E-state index is 0.177. The number of amides is 1. The van der Waals surface area contributed by atoms with E-state index in [4.69, 9.17) is 28.8 Å². The fourth-order valence-electron chi connectivity index (χ4n) is 1.79. The Morgan fingerprint density at radius 2 is 1.95 bits per heavy atom. The number of nitrogen functional groups attached to an aromatic ring is 1. The molecule has 1 fully saturated rings. The van der Waals surface area contributed by atoms with Gasteiger partial charge in [-0.3, -0.25) is 4.79 Å². The Balaban J connectivity index is 0.000000218. The summed E-state index contributed by atoms with van der Waals surface area (Å²) >= 11 is 5.44. The molecule has 1 aromatic rings. The van der Waals surface area contributed by atoms with E-state index >= 15 is 0 Å². The molecule has 1 aliphatic rings. The van der Waals surface area contributed by atoms with E-state index in [2.05, 4.69) is 4.98 Å². The van der Waals surface area contributed by atoms with Crippen LogP contribution >= 0.6 is 11.6 Å². The zero-order chi connectivity index (χ0) is 14.4. The van der Waals surface area contributed by atoms with Crippen LogP contribution in [-0.4, -0.2) is 16.9 Å². The normalized spacial score (nSPS) is 15.5. The summed E-state index contributed by atoms with van der Waals surface area (Å²) in [6.45, 7) is 0. The van der Waals surface area contributed by atoms with Crippen LogP contribution in [0.5, 0.6) is 0 Å². The molecule has 6 N–H and O–H groups in total. The average Bonchev–Trinajstić information content (AvgIpc) is 2.35. The number of rotatable bonds is 1. The van der Waals surface area contributed by atoms with Crippen LogP contribution < -0.4 is 17.2 Å². The minimum atomic E-state index is -0.841. The number of nitrogens with zero attached hydrogens (tertiary/aromatic N) is 1. The molecule has 0 radical (unpaired) electrons. The van der Waals surface area contributed by atoms with Crippen LogP contribution in [0.25, 0.3) is 0 Å². The van der Waals surface area contributed by atoms with Gasteiger partial charge in [-0.1, -0.05) is 30.9 Å². The molecule has 1 saturated carbocycles. The molecule has 0 atom stereocenters. The van der Waals surface area contributed by atoms with E-state index in [1.165, 1.54) is 32.1 Å². The van der Waals surface area contributed by atoms with E-state index in [0.29, 0.717) is 6.04 Å². The number of nitrogens with two attached hydrogens (primary N) is 3. The van der Waals surface area contributed by atoms with Gasteiger partial charge in [0, 0.05) is 6.04 Å². The molecule has 0 aliphatic heterocycles. The second-order valence-electron chi connectivity index (χ2n) is 4.46. The smallest absolute Gasteiger partial charge is 0.251 e. The maximum Gasteiger partial charge on any atom is 0.251 e. The number of carbonyl (C=O) groups excluding carboxylic acids is 1. The van der Waals surface area contributed by atoms with Crippen LogP contribution in [0.2, 0.25) is 5.15 Å². The van der Waals surface area contributed by atoms with Crippen molar-refractivity contribution in [2.75, 3.05) is 5.73 Å². The lowest BCUT2D eigenvalue weighted by atomic mass is 9.97. The standard InChI is InChI=1S/C6H5ClFN3O.C6H13N/c7-4-2(6(10)12)1-3(8)5(9)11-4;7-6-4-2-1-3-5-6/h1H,(H2,9,11)(H2,10,12);6H,1-5,7H2. The van der Waals surface area contributed by atoms with Gasteiger partial charge < -0.3 is 17.2 Å². The topological polar surface area (TPSA) is 108 Å². The van der Waals surface area contributed by atoms with Crippen LogP contribution in [-0.2, 0) is 0 Å². The molecule has 5 nitrogen and oxygen atoms in total. The van der Waals surface area contributed by atoms with Crippen LogP contribution in [0, 0.1) is 5.82 Å².